The number of para-hydroxylation sites is 2. The molecule has 1 saturated carbocycles. The molecule has 232 valence electrons. The Morgan fingerprint density at radius 2 is 1.91 bits per heavy atom. The monoisotopic (exact) mass is 623 g/mol. The number of carbonyl (C=O) groups is 3. The number of anilines is 1. The van der Waals surface area contributed by atoms with Crippen LogP contribution in [0.2, 0.25) is 5.02 Å². The van der Waals surface area contributed by atoms with Gasteiger partial charge in [-0.15, -0.1) is 0 Å². The van der Waals surface area contributed by atoms with Crippen molar-refractivity contribution in [3.05, 3.63) is 65.5 Å². The predicted octanol–water partition coefficient (Wildman–Crippen LogP) is 4.35. The molecule has 5 aliphatic rings. The Balaban J connectivity index is 1.19. The average Bonchev–Trinajstić information content (AvgIpc) is 3.65. The molecule has 1 spiro atoms. The highest BCUT2D eigenvalue weighted by Gasteiger charge is 2.73. The molecule has 2 bridgehead atoms. The van der Waals surface area contributed by atoms with Gasteiger partial charge in [0, 0.05) is 11.7 Å². The molecule has 0 radical (unpaired) electrons. The lowest BCUT2D eigenvalue weighted by molar-refractivity contribution is -0.143. The molecule has 11 heteroatoms. The molecular weight excluding hydrogens is 589 g/mol. The van der Waals surface area contributed by atoms with E-state index >= 15 is 0 Å². The first-order valence-electron chi connectivity index (χ1n) is 15.3. The van der Waals surface area contributed by atoms with Crippen LogP contribution in [-0.4, -0.2) is 65.7 Å². The van der Waals surface area contributed by atoms with Gasteiger partial charge in [-0.2, -0.15) is 0 Å². The van der Waals surface area contributed by atoms with E-state index in [9.17, 15) is 18.8 Å². The predicted molar refractivity (Wildman–Crippen MR) is 160 cm³/mol. The maximum absolute atomic E-state index is 14.4. The van der Waals surface area contributed by atoms with Gasteiger partial charge in [0.25, 0.3) is 0 Å². The van der Waals surface area contributed by atoms with Crippen molar-refractivity contribution < 1.29 is 33.0 Å². The van der Waals surface area contributed by atoms with Crippen molar-refractivity contribution >= 4 is 35.0 Å². The third-order valence-corrected chi connectivity index (χ3v) is 10.4. The number of carbonyl (C=O) groups excluding carboxylic acids is 3. The van der Waals surface area contributed by atoms with Gasteiger partial charge in [0.05, 0.1) is 29.5 Å². The number of hydrogen-bond acceptors (Lipinski definition) is 6. The molecule has 2 saturated heterocycles. The maximum atomic E-state index is 14.4. The molecule has 0 aromatic heterocycles. The van der Waals surface area contributed by atoms with E-state index in [0.29, 0.717) is 23.1 Å². The van der Waals surface area contributed by atoms with E-state index in [1.165, 1.54) is 17.0 Å². The van der Waals surface area contributed by atoms with Crippen LogP contribution in [0.1, 0.15) is 33.1 Å². The molecular formula is C33H35ClFN3O6. The van der Waals surface area contributed by atoms with Crippen LogP contribution in [0.4, 0.5) is 10.1 Å². The number of fused-ring (bicyclic) bond motifs is 2. The molecule has 2 N–H and O–H groups in total. The molecule has 44 heavy (non-hydrogen) atoms. The number of likely N-dealkylation sites (tertiary alicyclic amines) is 1. The quantitative estimate of drug-likeness (QED) is 0.464. The number of halogens is 2. The minimum absolute atomic E-state index is 0.0373. The Kier molecular flexibility index (Phi) is 7.32. The SMILES string of the molecule is C[C@@H]1[C@H](C)CCC[C@@H]1NC(=O)[C@@H]1N(C[C@@H]2COc3ccccc3O2)C(=O)[C@H]2[C@H](C(=O)Nc3ccc(F)c(Cl)c3)[C@H]3C=C[C@@]12O3. The van der Waals surface area contributed by atoms with Crippen molar-refractivity contribution in [3.8, 4) is 11.5 Å². The van der Waals surface area contributed by atoms with Crippen LogP contribution in [0, 0.1) is 29.5 Å². The molecule has 3 amide bonds. The minimum Gasteiger partial charge on any atom is -0.486 e. The van der Waals surface area contributed by atoms with Crippen molar-refractivity contribution in [1.29, 1.82) is 0 Å². The molecule has 9 atom stereocenters. The summed E-state index contributed by atoms with van der Waals surface area (Å²) in [5, 5.41) is 5.90. The lowest BCUT2D eigenvalue weighted by atomic mass is 9.73. The zero-order valence-electron chi connectivity index (χ0n) is 24.5. The number of rotatable bonds is 6. The molecule has 4 heterocycles. The van der Waals surface area contributed by atoms with E-state index in [-0.39, 0.29) is 41.9 Å². The van der Waals surface area contributed by atoms with E-state index in [1.54, 1.807) is 18.2 Å². The summed E-state index contributed by atoms with van der Waals surface area (Å²) in [7, 11) is 0. The average molecular weight is 624 g/mol. The highest BCUT2D eigenvalue weighted by Crippen LogP contribution is 2.55. The third kappa shape index (κ3) is 4.74. The minimum atomic E-state index is -1.33. The van der Waals surface area contributed by atoms with Crippen molar-refractivity contribution in [2.75, 3.05) is 18.5 Å². The van der Waals surface area contributed by atoms with Crippen LogP contribution in [0.3, 0.4) is 0 Å². The number of benzene rings is 2. The Morgan fingerprint density at radius 3 is 2.70 bits per heavy atom. The van der Waals surface area contributed by atoms with Crippen molar-refractivity contribution in [3.63, 3.8) is 0 Å². The van der Waals surface area contributed by atoms with Crippen LogP contribution >= 0.6 is 11.6 Å². The van der Waals surface area contributed by atoms with Gasteiger partial charge < -0.3 is 29.7 Å². The van der Waals surface area contributed by atoms with Gasteiger partial charge >= 0.3 is 0 Å². The lowest BCUT2D eigenvalue weighted by Gasteiger charge is -2.38. The van der Waals surface area contributed by atoms with Crippen LogP contribution in [0.15, 0.2) is 54.6 Å². The Morgan fingerprint density at radius 1 is 1.11 bits per heavy atom. The summed E-state index contributed by atoms with van der Waals surface area (Å²) in [6.45, 7) is 4.61. The van der Waals surface area contributed by atoms with Crippen LogP contribution < -0.4 is 20.1 Å². The second kappa shape index (κ2) is 11.1. The molecule has 2 aromatic carbocycles. The lowest BCUT2D eigenvalue weighted by Crippen LogP contribution is -2.59. The summed E-state index contributed by atoms with van der Waals surface area (Å²) in [5.74, 6) is -1.68. The Labute approximate surface area is 260 Å². The summed E-state index contributed by atoms with van der Waals surface area (Å²) in [6, 6.07) is 10.1. The fourth-order valence-electron chi connectivity index (χ4n) is 7.68. The van der Waals surface area contributed by atoms with Gasteiger partial charge in [0.15, 0.2) is 17.6 Å². The summed E-state index contributed by atoms with van der Waals surface area (Å²) in [6.07, 6.45) is 5.28. The van der Waals surface area contributed by atoms with Gasteiger partial charge in [-0.25, -0.2) is 4.39 Å². The normalized spacial score (nSPS) is 35.0. The fourth-order valence-corrected chi connectivity index (χ4v) is 7.86. The molecule has 7 rings (SSSR count). The van der Waals surface area contributed by atoms with E-state index in [0.717, 1.165) is 25.3 Å². The highest BCUT2D eigenvalue weighted by molar-refractivity contribution is 6.31. The van der Waals surface area contributed by atoms with Gasteiger partial charge in [-0.05, 0) is 48.6 Å². The Bertz CT molecular complexity index is 1540. The molecule has 2 aromatic rings. The molecule has 0 unspecified atom stereocenters. The van der Waals surface area contributed by atoms with Crippen LogP contribution in [-0.2, 0) is 19.1 Å². The molecule has 1 aliphatic carbocycles. The zero-order valence-corrected chi connectivity index (χ0v) is 25.3. The smallest absolute Gasteiger partial charge is 0.246 e. The van der Waals surface area contributed by atoms with E-state index < -0.39 is 47.4 Å². The number of amides is 3. The number of ether oxygens (including phenoxy) is 3. The van der Waals surface area contributed by atoms with Crippen molar-refractivity contribution in [2.45, 2.75) is 63.0 Å². The van der Waals surface area contributed by atoms with Crippen molar-refractivity contribution in [2.24, 2.45) is 23.7 Å². The van der Waals surface area contributed by atoms with E-state index in [2.05, 4.69) is 24.5 Å². The first-order chi connectivity index (χ1) is 21.2. The molecule has 9 nitrogen and oxygen atoms in total. The van der Waals surface area contributed by atoms with E-state index in [1.807, 2.05) is 18.2 Å². The van der Waals surface area contributed by atoms with Crippen LogP contribution in [0.25, 0.3) is 0 Å². The molecule has 4 aliphatic heterocycles. The Hall–Kier alpha value is -3.63. The second-order valence-electron chi connectivity index (χ2n) is 12.7. The summed E-state index contributed by atoms with van der Waals surface area (Å²) >= 11 is 5.94. The zero-order chi connectivity index (χ0) is 30.7. The highest BCUT2D eigenvalue weighted by atomic mass is 35.5. The third-order valence-electron chi connectivity index (χ3n) is 10.1. The standard InChI is InChI=1S/C33H35ClFN3O6/c1-17-6-5-7-23(18(17)2)37-31(40)29-33-13-12-26(44-33)27(30(39)36-19-10-11-22(35)21(34)14-19)28(33)32(41)38(29)15-20-16-42-24-8-3-4-9-25(24)43-20/h3-4,8-14,17-18,20,23,26-29H,5-7,15-16H2,1-2H3,(H,36,39)(H,37,40)/t17-,18-,20-,23+,26-,27-,28-,29+,33+/m1/s1. The first-order valence-corrected chi connectivity index (χ1v) is 15.7. The van der Waals surface area contributed by atoms with Gasteiger partial charge in [-0.1, -0.05) is 62.6 Å². The van der Waals surface area contributed by atoms with Gasteiger partial charge in [0.2, 0.25) is 17.7 Å². The van der Waals surface area contributed by atoms with Crippen molar-refractivity contribution in [1.82, 2.24) is 10.2 Å². The number of nitrogens with zero attached hydrogens (tertiary/aromatic N) is 1. The summed E-state index contributed by atoms with van der Waals surface area (Å²) < 4.78 is 32.3. The fraction of sp³-hybridized carbons (Fsp3) is 0.485. The first kappa shape index (κ1) is 29.1. The van der Waals surface area contributed by atoms with E-state index in [4.69, 9.17) is 25.8 Å². The van der Waals surface area contributed by atoms with Gasteiger partial charge in [0.1, 0.15) is 24.1 Å². The summed E-state index contributed by atoms with van der Waals surface area (Å²) in [5.41, 5.74) is -1.03. The maximum Gasteiger partial charge on any atom is 0.246 e. The number of nitrogens with one attached hydrogen (secondary N) is 2. The number of hydrogen-bond donors (Lipinski definition) is 2. The van der Waals surface area contributed by atoms with Crippen LogP contribution in [0.5, 0.6) is 11.5 Å². The topological polar surface area (TPSA) is 106 Å². The summed E-state index contributed by atoms with van der Waals surface area (Å²) in [4.78, 5) is 43.9. The van der Waals surface area contributed by atoms with Gasteiger partial charge in [-0.3, -0.25) is 14.4 Å². The molecule has 3 fully saturated rings. The second-order valence-corrected chi connectivity index (χ2v) is 13.1. The largest absolute Gasteiger partial charge is 0.486 e.